The van der Waals surface area contributed by atoms with Crippen LogP contribution in [0.5, 0.6) is 0 Å². The molecule has 0 atom stereocenters. The van der Waals surface area contributed by atoms with Gasteiger partial charge in [-0.25, -0.2) is 0 Å². The maximum atomic E-state index is 11.6. The summed E-state index contributed by atoms with van der Waals surface area (Å²) in [5, 5.41) is 0. The summed E-state index contributed by atoms with van der Waals surface area (Å²) in [6.07, 6.45) is 3.34. The third-order valence-corrected chi connectivity index (χ3v) is 3.06. The molecule has 0 saturated carbocycles. The second-order valence-corrected chi connectivity index (χ2v) is 4.68. The molecule has 1 amide bonds. The minimum Gasteiger partial charge on any atom is -0.349 e. The molecule has 1 rings (SSSR count). The van der Waals surface area contributed by atoms with Crippen LogP contribution >= 0.6 is 0 Å². The number of hydrogen-bond acceptors (Lipinski definition) is 1. The average molecular weight is 241 g/mol. The molecule has 0 heterocycles. The standard InChI is InChI=1S/C15H20BNO/c1-5-12(7-9-15(18)17(3)4)14-10-13(16)8-6-11(14)2/h5-6,8,10H,7,9H2,1-4H3/b12-5-. The number of carbonyl (C=O) groups is 1. The number of carbonyl (C=O) groups excluding carboxylic acids is 1. The van der Waals surface area contributed by atoms with E-state index >= 15 is 0 Å². The molecule has 0 spiro atoms. The summed E-state index contributed by atoms with van der Waals surface area (Å²) >= 11 is 0. The summed E-state index contributed by atoms with van der Waals surface area (Å²) in [5.41, 5.74) is 4.27. The molecule has 18 heavy (non-hydrogen) atoms. The maximum absolute atomic E-state index is 11.6. The lowest BCUT2D eigenvalue weighted by Crippen LogP contribution is -2.21. The number of benzene rings is 1. The highest BCUT2D eigenvalue weighted by molar-refractivity contribution is 6.32. The van der Waals surface area contributed by atoms with Gasteiger partial charge < -0.3 is 4.90 Å². The number of aryl methyl sites for hydroxylation is 1. The first-order valence-corrected chi connectivity index (χ1v) is 6.17. The van der Waals surface area contributed by atoms with Gasteiger partial charge in [-0.2, -0.15) is 0 Å². The van der Waals surface area contributed by atoms with Crippen LogP contribution in [0.2, 0.25) is 0 Å². The van der Waals surface area contributed by atoms with Crippen molar-refractivity contribution in [2.24, 2.45) is 0 Å². The van der Waals surface area contributed by atoms with E-state index in [-0.39, 0.29) is 5.91 Å². The van der Waals surface area contributed by atoms with Gasteiger partial charge in [0.15, 0.2) is 0 Å². The fraction of sp³-hybridized carbons (Fsp3) is 0.400. The molecule has 0 aromatic heterocycles. The smallest absolute Gasteiger partial charge is 0.222 e. The highest BCUT2D eigenvalue weighted by Gasteiger charge is 2.09. The van der Waals surface area contributed by atoms with Crippen molar-refractivity contribution in [3.8, 4) is 0 Å². The lowest BCUT2D eigenvalue weighted by molar-refractivity contribution is -0.128. The van der Waals surface area contributed by atoms with E-state index in [9.17, 15) is 4.79 Å². The zero-order chi connectivity index (χ0) is 13.7. The molecule has 2 radical (unpaired) electrons. The van der Waals surface area contributed by atoms with Gasteiger partial charge in [-0.15, -0.1) is 0 Å². The van der Waals surface area contributed by atoms with Crippen LogP contribution in [-0.2, 0) is 4.79 Å². The van der Waals surface area contributed by atoms with E-state index in [1.54, 1.807) is 19.0 Å². The van der Waals surface area contributed by atoms with Gasteiger partial charge in [-0.05, 0) is 37.0 Å². The molecule has 1 aromatic rings. The Morgan fingerprint density at radius 2 is 2.00 bits per heavy atom. The fourth-order valence-electron chi connectivity index (χ4n) is 1.89. The van der Waals surface area contributed by atoms with E-state index in [1.165, 1.54) is 11.1 Å². The summed E-state index contributed by atoms with van der Waals surface area (Å²) in [6.45, 7) is 4.06. The van der Waals surface area contributed by atoms with Gasteiger partial charge >= 0.3 is 0 Å². The van der Waals surface area contributed by atoms with Gasteiger partial charge in [-0.3, -0.25) is 4.79 Å². The van der Waals surface area contributed by atoms with Crippen LogP contribution in [0.3, 0.4) is 0 Å². The van der Waals surface area contributed by atoms with Crippen molar-refractivity contribution in [2.45, 2.75) is 26.7 Å². The summed E-state index contributed by atoms with van der Waals surface area (Å²) < 4.78 is 0. The van der Waals surface area contributed by atoms with Crippen LogP contribution < -0.4 is 5.46 Å². The molecule has 0 aliphatic rings. The number of rotatable bonds is 4. The Hall–Kier alpha value is -1.51. The lowest BCUT2D eigenvalue weighted by atomic mass is 9.88. The molecule has 2 nitrogen and oxygen atoms in total. The highest BCUT2D eigenvalue weighted by atomic mass is 16.2. The van der Waals surface area contributed by atoms with E-state index < -0.39 is 0 Å². The molecule has 0 unspecified atom stereocenters. The predicted octanol–water partition coefficient (Wildman–Crippen LogP) is 2.06. The van der Waals surface area contributed by atoms with Crippen molar-refractivity contribution < 1.29 is 4.79 Å². The summed E-state index contributed by atoms with van der Waals surface area (Å²) in [6, 6.07) is 5.89. The van der Waals surface area contributed by atoms with Crippen LogP contribution in [0.4, 0.5) is 0 Å². The molecule has 1 aromatic carbocycles. The van der Waals surface area contributed by atoms with Crippen LogP contribution in [-0.4, -0.2) is 32.7 Å². The van der Waals surface area contributed by atoms with Gasteiger partial charge in [0.05, 0.1) is 0 Å². The molecular formula is C15H20BNO. The summed E-state index contributed by atoms with van der Waals surface area (Å²) in [5.74, 6) is 0.149. The third-order valence-electron chi connectivity index (χ3n) is 3.06. The lowest BCUT2D eigenvalue weighted by Gasteiger charge is -2.14. The van der Waals surface area contributed by atoms with E-state index in [4.69, 9.17) is 7.85 Å². The fourth-order valence-corrected chi connectivity index (χ4v) is 1.89. The zero-order valence-electron chi connectivity index (χ0n) is 11.7. The molecular weight excluding hydrogens is 221 g/mol. The van der Waals surface area contributed by atoms with Crippen molar-refractivity contribution in [1.29, 1.82) is 0 Å². The second kappa shape index (κ2) is 6.43. The number of allylic oxidation sites excluding steroid dienone is 2. The number of nitrogens with zero attached hydrogens (tertiary/aromatic N) is 1. The highest BCUT2D eigenvalue weighted by Crippen LogP contribution is 2.22. The number of amides is 1. The maximum Gasteiger partial charge on any atom is 0.222 e. The minimum absolute atomic E-state index is 0.149. The molecule has 94 valence electrons. The van der Waals surface area contributed by atoms with Gasteiger partial charge in [0.1, 0.15) is 7.85 Å². The Morgan fingerprint density at radius 3 is 2.56 bits per heavy atom. The van der Waals surface area contributed by atoms with Crippen molar-refractivity contribution in [3.05, 3.63) is 35.4 Å². The minimum atomic E-state index is 0.149. The molecule has 0 N–H and O–H groups in total. The predicted molar refractivity (Wildman–Crippen MR) is 78.1 cm³/mol. The first kappa shape index (κ1) is 14.6. The first-order valence-electron chi connectivity index (χ1n) is 6.17. The van der Waals surface area contributed by atoms with Gasteiger partial charge in [0.25, 0.3) is 0 Å². The first-order chi connectivity index (χ1) is 8.45. The van der Waals surface area contributed by atoms with E-state index in [2.05, 4.69) is 13.0 Å². The summed E-state index contributed by atoms with van der Waals surface area (Å²) in [7, 11) is 9.38. The van der Waals surface area contributed by atoms with Crippen molar-refractivity contribution in [2.75, 3.05) is 14.1 Å². The molecule has 0 saturated heterocycles. The van der Waals surface area contributed by atoms with Crippen LogP contribution in [0.1, 0.15) is 30.9 Å². The molecule has 0 aliphatic heterocycles. The SMILES string of the molecule is [B]c1ccc(C)c(/C(=C\C)CCC(=O)N(C)C)c1. The Labute approximate surface area is 111 Å². The number of hydrogen-bond donors (Lipinski definition) is 0. The van der Waals surface area contributed by atoms with E-state index in [0.29, 0.717) is 6.42 Å². The quantitative estimate of drug-likeness (QED) is 0.739. The molecule has 3 heteroatoms. The molecule has 0 fully saturated rings. The van der Waals surface area contributed by atoms with Gasteiger partial charge in [0.2, 0.25) is 5.91 Å². The van der Waals surface area contributed by atoms with Crippen molar-refractivity contribution in [3.63, 3.8) is 0 Å². The van der Waals surface area contributed by atoms with Gasteiger partial charge in [-0.1, -0.05) is 29.7 Å². The van der Waals surface area contributed by atoms with Crippen LogP contribution in [0.25, 0.3) is 5.57 Å². The Kier molecular flexibility index (Phi) is 5.20. The van der Waals surface area contributed by atoms with Crippen molar-refractivity contribution in [1.82, 2.24) is 4.90 Å². The van der Waals surface area contributed by atoms with Crippen molar-refractivity contribution >= 4 is 24.8 Å². The van der Waals surface area contributed by atoms with E-state index in [1.807, 2.05) is 25.1 Å². The van der Waals surface area contributed by atoms with Crippen LogP contribution in [0, 0.1) is 6.92 Å². The van der Waals surface area contributed by atoms with Crippen LogP contribution in [0.15, 0.2) is 24.3 Å². The average Bonchev–Trinajstić information content (AvgIpc) is 2.33. The molecule has 0 aliphatic carbocycles. The Bertz CT molecular complexity index is 464. The monoisotopic (exact) mass is 241 g/mol. The van der Waals surface area contributed by atoms with E-state index in [0.717, 1.165) is 17.4 Å². The molecule has 0 bridgehead atoms. The Balaban J connectivity index is 2.85. The largest absolute Gasteiger partial charge is 0.349 e. The third kappa shape index (κ3) is 3.76. The second-order valence-electron chi connectivity index (χ2n) is 4.68. The zero-order valence-corrected chi connectivity index (χ0v) is 11.7. The van der Waals surface area contributed by atoms with Gasteiger partial charge in [0, 0.05) is 20.5 Å². The summed E-state index contributed by atoms with van der Waals surface area (Å²) in [4.78, 5) is 13.2. The Morgan fingerprint density at radius 1 is 1.33 bits per heavy atom. The normalized spacial score (nSPS) is 11.4. The topological polar surface area (TPSA) is 20.3 Å².